The van der Waals surface area contributed by atoms with E-state index in [0.717, 1.165) is 29.0 Å². The van der Waals surface area contributed by atoms with Crippen molar-refractivity contribution in [3.8, 4) is 22.9 Å². The largest absolute Gasteiger partial charge is 0.497 e. The van der Waals surface area contributed by atoms with Crippen LogP contribution in [0.15, 0.2) is 90.2 Å². The van der Waals surface area contributed by atoms with E-state index in [4.69, 9.17) is 19.2 Å². The topological polar surface area (TPSA) is 62.6 Å². The number of para-hydroxylation sites is 2. The summed E-state index contributed by atoms with van der Waals surface area (Å²) in [7, 11) is 1.62. The Morgan fingerprint density at radius 3 is 2.50 bits per heavy atom. The summed E-state index contributed by atoms with van der Waals surface area (Å²) in [6, 6.07) is 22.8. The van der Waals surface area contributed by atoms with Crippen molar-refractivity contribution in [2.24, 2.45) is 0 Å². The van der Waals surface area contributed by atoms with Gasteiger partial charge in [-0.1, -0.05) is 36.4 Å². The van der Waals surface area contributed by atoms with Crippen LogP contribution in [-0.4, -0.2) is 36.5 Å². The second-order valence-electron chi connectivity index (χ2n) is 7.70. The second-order valence-corrected chi connectivity index (χ2v) is 7.70. The molecule has 0 N–H and O–H groups in total. The fourth-order valence-electron chi connectivity index (χ4n) is 3.77. The first-order valence-corrected chi connectivity index (χ1v) is 11.2. The van der Waals surface area contributed by atoms with Crippen LogP contribution < -0.4 is 15.0 Å². The molecule has 1 heterocycles. The van der Waals surface area contributed by atoms with Crippen LogP contribution in [0, 0.1) is 0 Å². The van der Waals surface area contributed by atoms with E-state index in [0.29, 0.717) is 43.1 Å². The van der Waals surface area contributed by atoms with Gasteiger partial charge in [0.05, 0.1) is 37.8 Å². The molecule has 0 aliphatic heterocycles. The van der Waals surface area contributed by atoms with Gasteiger partial charge in [-0.05, 0) is 54.4 Å². The highest BCUT2D eigenvalue weighted by Gasteiger charge is 2.13. The minimum absolute atomic E-state index is 0.0883. The molecule has 174 valence electrons. The van der Waals surface area contributed by atoms with Crippen molar-refractivity contribution in [1.29, 1.82) is 0 Å². The van der Waals surface area contributed by atoms with Gasteiger partial charge in [0.15, 0.2) is 0 Å². The van der Waals surface area contributed by atoms with Crippen LogP contribution in [0.2, 0.25) is 0 Å². The number of nitrogens with zero attached hydrogens (tertiary/aromatic N) is 2. The molecule has 34 heavy (non-hydrogen) atoms. The van der Waals surface area contributed by atoms with E-state index in [1.165, 1.54) is 0 Å². The van der Waals surface area contributed by atoms with Gasteiger partial charge in [-0.25, -0.2) is 4.98 Å². The zero-order valence-corrected chi connectivity index (χ0v) is 19.3. The Kier molecular flexibility index (Phi) is 7.73. The molecular formula is C28H28N2O4. The van der Waals surface area contributed by atoms with Gasteiger partial charge >= 0.3 is 0 Å². The monoisotopic (exact) mass is 456 g/mol. The van der Waals surface area contributed by atoms with Gasteiger partial charge in [-0.3, -0.25) is 9.36 Å². The highest BCUT2D eigenvalue weighted by atomic mass is 16.5. The summed E-state index contributed by atoms with van der Waals surface area (Å²) < 4.78 is 18.6. The zero-order valence-electron chi connectivity index (χ0n) is 19.3. The minimum atomic E-state index is -0.0883. The van der Waals surface area contributed by atoms with Gasteiger partial charge in [0.1, 0.15) is 23.9 Å². The fourth-order valence-corrected chi connectivity index (χ4v) is 3.77. The molecule has 0 radical (unpaired) electrons. The number of hydrogen-bond donors (Lipinski definition) is 0. The maximum atomic E-state index is 13.3. The molecule has 6 nitrogen and oxygen atoms in total. The lowest BCUT2D eigenvalue weighted by Gasteiger charge is -2.15. The van der Waals surface area contributed by atoms with Gasteiger partial charge in [0.2, 0.25) is 0 Å². The summed E-state index contributed by atoms with van der Waals surface area (Å²) >= 11 is 0. The van der Waals surface area contributed by atoms with Crippen LogP contribution in [-0.2, 0) is 17.7 Å². The van der Waals surface area contributed by atoms with Crippen molar-refractivity contribution < 1.29 is 14.2 Å². The number of fused-ring (bicyclic) bond motifs is 1. The molecule has 0 saturated carbocycles. The molecule has 6 heteroatoms. The van der Waals surface area contributed by atoms with Crippen molar-refractivity contribution in [2.75, 3.05) is 26.9 Å². The Labute approximate surface area is 199 Å². The van der Waals surface area contributed by atoms with Crippen LogP contribution in [0.1, 0.15) is 5.56 Å². The molecule has 0 atom stereocenters. The number of benzene rings is 3. The highest BCUT2D eigenvalue weighted by Crippen LogP contribution is 2.22. The summed E-state index contributed by atoms with van der Waals surface area (Å²) in [6.45, 7) is 5.37. The Bertz CT molecular complexity index is 1310. The molecule has 4 rings (SSSR count). The predicted octanol–water partition coefficient (Wildman–Crippen LogP) is 4.90. The molecule has 4 aromatic rings. The average molecular weight is 457 g/mol. The van der Waals surface area contributed by atoms with Crippen LogP contribution in [0.4, 0.5) is 0 Å². The molecule has 0 aliphatic rings. The van der Waals surface area contributed by atoms with E-state index in [9.17, 15) is 4.79 Å². The molecule has 0 saturated heterocycles. The molecule has 3 aromatic carbocycles. The third-order valence-electron chi connectivity index (χ3n) is 5.49. The van der Waals surface area contributed by atoms with E-state index < -0.39 is 0 Å². The lowest BCUT2D eigenvalue weighted by molar-refractivity contribution is 0.0938. The SMILES string of the molecule is C=CCc1ccccc1OCCOCCn1c(-c2ccc(OC)cc2)nc2ccccc2c1=O. The Hall–Kier alpha value is -3.90. The number of rotatable bonds is 11. The Morgan fingerprint density at radius 2 is 1.71 bits per heavy atom. The lowest BCUT2D eigenvalue weighted by Crippen LogP contribution is -2.26. The highest BCUT2D eigenvalue weighted by molar-refractivity contribution is 5.79. The van der Waals surface area contributed by atoms with Gasteiger partial charge < -0.3 is 14.2 Å². The van der Waals surface area contributed by atoms with E-state index in [1.807, 2.05) is 72.8 Å². The van der Waals surface area contributed by atoms with Crippen LogP contribution in [0.5, 0.6) is 11.5 Å². The number of ether oxygens (including phenoxy) is 3. The molecule has 1 aromatic heterocycles. The van der Waals surface area contributed by atoms with Crippen LogP contribution in [0.3, 0.4) is 0 Å². The van der Waals surface area contributed by atoms with Gasteiger partial charge in [0.25, 0.3) is 5.56 Å². The lowest BCUT2D eigenvalue weighted by atomic mass is 10.1. The predicted molar refractivity (Wildman–Crippen MR) is 135 cm³/mol. The van der Waals surface area contributed by atoms with Crippen molar-refractivity contribution in [3.63, 3.8) is 0 Å². The first-order valence-electron chi connectivity index (χ1n) is 11.2. The summed E-state index contributed by atoms with van der Waals surface area (Å²) in [5.74, 6) is 2.18. The van der Waals surface area contributed by atoms with Gasteiger partial charge in [-0.15, -0.1) is 6.58 Å². The van der Waals surface area contributed by atoms with E-state index in [2.05, 4.69) is 6.58 Å². The molecular weight excluding hydrogens is 428 g/mol. The quantitative estimate of drug-likeness (QED) is 0.237. The van der Waals surface area contributed by atoms with E-state index in [1.54, 1.807) is 17.7 Å². The molecule has 0 aliphatic carbocycles. The summed E-state index contributed by atoms with van der Waals surface area (Å²) in [4.78, 5) is 18.0. The summed E-state index contributed by atoms with van der Waals surface area (Å²) in [6.07, 6.45) is 2.61. The summed E-state index contributed by atoms with van der Waals surface area (Å²) in [5.41, 5.74) is 2.51. The van der Waals surface area contributed by atoms with Crippen LogP contribution in [0.25, 0.3) is 22.3 Å². The third-order valence-corrected chi connectivity index (χ3v) is 5.49. The molecule has 0 bridgehead atoms. The normalized spacial score (nSPS) is 10.9. The summed E-state index contributed by atoms with van der Waals surface area (Å²) in [5, 5.41) is 0.585. The van der Waals surface area contributed by atoms with Crippen molar-refractivity contribution in [3.05, 3.63) is 101 Å². The van der Waals surface area contributed by atoms with Gasteiger partial charge in [0, 0.05) is 5.56 Å². The zero-order chi connectivity index (χ0) is 23.8. The van der Waals surface area contributed by atoms with Gasteiger partial charge in [-0.2, -0.15) is 0 Å². The molecule has 0 unspecified atom stereocenters. The van der Waals surface area contributed by atoms with Crippen molar-refractivity contribution in [2.45, 2.75) is 13.0 Å². The third kappa shape index (κ3) is 5.35. The van der Waals surface area contributed by atoms with Crippen LogP contribution >= 0.6 is 0 Å². The first kappa shape index (κ1) is 23.3. The Morgan fingerprint density at radius 1 is 0.941 bits per heavy atom. The van der Waals surface area contributed by atoms with Crippen molar-refractivity contribution >= 4 is 10.9 Å². The molecule has 0 amide bonds. The Balaban J connectivity index is 1.45. The average Bonchev–Trinajstić information content (AvgIpc) is 2.88. The standard InChI is InChI=1S/C28H28N2O4/c1-3-8-21-9-4-7-12-26(21)34-20-19-33-18-17-30-27(22-13-15-23(32-2)16-14-22)29-25-11-6-5-10-24(25)28(30)31/h3-7,9-16H,1,8,17-20H2,2H3. The molecule has 0 fully saturated rings. The molecule has 0 spiro atoms. The number of allylic oxidation sites excluding steroid dienone is 1. The van der Waals surface area contributed by atoms with E-state index >= 15 is 0 Å². The number of methoxy groups -OCH3 is 1. The number of hydrogen-bond acceptors (Lipinski definition) is 5. The van der Waals surface area contributed by atoms with E-state index in [-0.39, 0.29) is 5.56 Å². The second kappa shape index (κ2) is 11.3. The maximum absolute atomic E-state index is 13.3. The smallest absolute Gasteiger partial charge is 0.261 e. The van der Waals surface area contributed by atoms with Crippen molar-refractivity contribution in [1.82, 2.24) is 9.55 Å². The minimum Gasteiger partial charge on any atom is -0.497 e. The maximum Gasteiger partial charge on any atom is 0.261 e. The first-order chi connectivity index (χ1) is 16.7. The fraction of sp³-hybridized carbons (Fsp3) is 0.214. The number of aromatic nitrogens is 2.